The third-order valence-electron chi connectivity index (χ3n) is 3.50. The van der Waals surface area contributed by atoms with Crippen molar-refractivity contribution in [3.05, 3.63) is 45.4 Å². The molecule has 11 heteroatoms. The van der Waals surface area contributed by atoms with E-state index in [4.69, 9.17) is 11.6 Å². The third-order valence-corrected chi connectivity index (χ3v) is 4.51. The quantitative estimate of drug-likeness (QED) is 0.838. The molecule has 1 aromatic heterocycles. The van der Waals surface area contributed by atoms with Gasteiger partial charge in [0.15, 0.2) is 5.01 Å². The highest BCUT2D eigenvalue weighted by atomic mass is 35.5. The van der Waals surface area contributed by atoms with Crippen LogP contribution in [0.3, 0.4) is 0 Å². The molecule has 0 saturated carbocycles. The first-order valence-electron chi connectivity index (χ1n) is 6.77. The summed E-state index contributed by atoms with van der Waals surface area (Å²) in [6, 6.07) is 3.61. The zero-order chi connectivity index (χ0) is 18.2. The molecule has 0 radical (unpaired) electrons. The number of anilines is 1. The Balaban J connectivity index is 2.01. The van der Waals surface area contributed by atoms with Crippen LogP contribution in [0, 0.1) is 0 Å². The van der Waals surface area contributed by atoms with E-state index in [9.17, 15) is 22.8 Å². The van der Waals surface area contributed by atoms with Crippen LogP contribution < -0.4 is 10.6 Å². The summed E-state index contributed by atoms with van der Waals surface area (Å²) in [5.74, 6) is -0.809. The SMILES string of the molecule is O=C1Nc2ccc(Cl)cc2C(CNC(=O)c2nccs2)(C(F)(F)F)O1. The summed E-state index contributed by atoms with van der Waals surface area (Å²) in [6.45, 7) is -1.02. The zero-order valence-corrected chi connectivity index (χ0v) is 13.8. The molecule has 2 N–H and O–H groups in total. The maximum Gasteiger partial charge on any atom is 0.434 e. The van der Waals surface area contributed by atoms with Gasteiger partial charge in [0.2, 0.25) is 0 Å². The number of amides is 2. The van der Waals surface area contributed by atoms with Crippen molar-refractivity contribution >= 4 is 40.6 Å². The highest BCUT2D eigenvalue weighted by molar-refractivity contribution is 7.11. The number of halogens is 4. The van der Waals surface area contributed by atoms with Gasteiger partial charge in [0.1, 0.15) is 0 Å². The number of nitrogens with one attached hydrogen (secondary N) is 2. The van der Waals surface area contributed by atoms with Crippen LogP contribution in [-0.4, -0.2) is 29.7 Å². The number of rotatable bonds is 3. The number of fused-ring (bicyclic) bond motifs is 1. The second-order valence-electron chi connectivity index (χ2n) is 5.05. The monoisotopic (exact) mass is 391 g/mol. The van der Waals surface area contributed by atoms with Gasteiger partial charge >= 0.3 is 12.3 Å². The molecule has 0 saturated heterocycles. The fraction of sp³-hybridized carbons (Fsp3) is 0.214. The number of cyclic esters (lactones) is 1. The fourth-order valence-electron chi connectivity index (χ4n) is 2.37. The second kappa shape index (κ2) is 6.19. The van der Waals surface area contributed by atoms with Crippen LogP contribution in [0.15, 0.2) is 29.8 Å². The molecule has 1 aliphatic rings. The Kier molecular flexibility index (Phi) is 4.33. The van der Waals surface area contributed by atoms with Crippen molar-refractivity contribution < 1.29 is 27.5 Å². The van der Waals surface area contributed by atoms with Gasteiger partial charge in [-0.2, -0.15) is 13.2 Å². The van der Waals surface area contributed by atoms with E-state index in [1.165, 1.54) is 23.7 Å². The van der Waals surface area contributed by atoms with Crippen molar-refractivity contribution in [2.75, 3.05) is 11.9 Å². The number of thiazole rings is 1. The van der Waals surface area contributed by atoms with Crippen LogP contribution in [-0.2, 0) is 10.3 Å². The number of ether oxygens (including phenoxy) is 1. The first kappa shape index (κ1) is 17.5. The van der Waals surface area contributed by atoms with Gasteiger partial charge in [-0.25, -0.2) is 9.78 Å². The molecule has 0 spiro atoms. The van der Waals surface area contributed by atoms with Gasteiger partial charge in [-0.05, 0) is 18.2 Å². The molecule has 1 aliphatic heterocycles. The summed E-state index contributed by atoms with van der Waals surface area (Å²) in [7, 11) is 0. The average molecular weight is 392 g/mol. The number of nitrogens with zero attached hydrogens (tertiary/aromatic N) is 1. The summed E-state index contributed by atoms with van der Waals surface area (Å²) < 4.78 is 46.2. The molecule has 0 bridgehead atoms. The Morgan fingerprint density at radius 2 is 2.20 bits per heavy atom. The molecule has 3 rings (SSSR count). The molecule has 2 aromatic rings. The van der Waals surface area contributed by atoms with E-state index in [0.717, 1.165) is 17.4 Å². The predicted octanol–water partition coefficient (Wildman–Crippen LogP) is 3.55. The molecule has 1 unspecified atom stereocenters. The summed E-state index contributed by atoms with van der Waals surface area (Å²) in [4.78, 5) is 27.3. The first-order chi connectivity index (χ1) is 11.7. The Morgan fingerprint density at radius 3 is 2.84 bits per heavy atom. The molecule has 1 atom stereocenters. The third kappa shape index (κ3) is 3.14. The molecular formula is C14H9ClF3N3O3S. The van der Waals surface area contributed by atoms with Crippen molar-refractivity contribution in [3.63, 3.8) is 0 Å². The molecule has 0 aliphatic carbocycles. The molecule has 6 nitrogen and oxygen atoms in total. The Hall–Kier alpha value is -2.33. The molecule has 25 heavy (non-hydrogen) atoms. The van der Waals surface area contributed by atoms with Crippen LogP contribution in [0.5, 0.6) is 0 Å². The summed E-state index contributed by atoms with van der Waals surface area (Å²) in [5.41, 5.74) is -3.56. The van der Waals surface area contributed by atoms with Gasteiger partial charge < -0.3 is 10.1 Å². The first-order valence-corrected chi connectivity index (χ1v) is 8.03. The topological polar surface area (TPSA) is 80.3 Å². The van der Waals surface area contributed by atoms with E-state index in [-0.39, 0.29) is 15.7 Å². The molecule has 2 amide bonds. The Labute approximate surface area is 148 Å². The summed E-state index contributed by atoms with van der Waals surface area (Å²) >= 11 is 6.77. The molecule has 132 valence electrons. The number of alkyl halides is 3. The standard InChI is InChI=1S/C14H9ClF3N3O3S/c15-7-1-2-9-8(5-7)13(14(16,17)18,24-12(23)21-9)6-20-10(22)11-19-3-4-25-11/h1-5H,6H2,(H,20,22)(H,21,23). The van der Waals surface area contributed by atoms with Crippen LogP contribution in [0.25, 0.3) is 0 Å². The molecular weight excluding hydrogens is 383 g/mol. The van der Waals surface area contributed by atoms with Crippen molar-refractivity contribution in [1.29, 1.82) is 0 Å². The van der Waals surface area contributed by atoms with Gasteiger partial charge in [0.25, 0.3) is 11.5 Å². The zero-order valence-electron chi connectivity index (χ0n) is 12.2. The lowest BCUT2D eigenvalue weighted by atomic mass is 9.89. The van der Waals surface area contributed by atoms with E-state index in [2.05, 4.69) is 20.4 Å². The van der Waals surface area contributed by atoms with Gasteiger partial charge in [-0.1, -0.05) is 11.6 Å². The van der Waals surface area contributed by atoms with Crippen LogP contribution in [0.4, 0.5) is 23.7 Å². The predicted molar refractivity (Wildman–Crippen MR) is 83.7 cm³/mol. The van der Waals surface area contributed by atoms with E-state index >= 15 is 0 Å². The maximum absolute atomic E-state index is 13.9. The van der Waals surface area contributed by atoms with E-state index in [1.54, 1.807) is 0 Å². The lowest BCUT2D eigenvalue weighted by Crippen LogP contribution is -2.56. The van der Waals surface area contributed by atoms with E-state index in [0.29, 0.717) is 0 Å². The van der Waals surface area contributed by atoms with Gasteiger partial charge in [-0.15, -0.1) is 11.3 Å². The number of hydrogen-bond donors (Lipinski definition) is 2. The van der Waals surface area contributed by atoms with Gasteiger partial charge in [0.05, 0.1) is 12.2 Å². The van der Waals surface area contributed by atoms with Crippen LogP contribution in [0.2, 0.25) is 5.02 Å². The number of benzene rings is 1. The molecule has 1 aromatic carbocycles. The fourth-order valence-corrected chi connectivity index (χ4v) is 3.09. The van der Waals surface area contributed by atoms with Crippen LogP contribution in [0.1, 0.15) is 15.4 Å². The average Bonchev–Trinajstić information content (AvgIpc) is 3.06. The minimum absolute atomic E-state index is 0.0103. The summed E-state index contributed by atoms with van der Waals surface area (Å²) in [5, 5.41) is 5.83. The highest BCUT2D eigenvalue weighted by Crippen LogP contribution is 2.47. The number of carbonyl (C=O) groups excluding carboxylic acids is 2. The normalized spacial score (nSPS) is 19.6. The second-order valence-corrected chi connectivity index (χ2v) is 6.38. The minimum Gasteiger partial charge on any atom is -0.426 e. The lowest BCUT2D eigenvalue weighted by Gasteiger charge is -2.39. The van der Waals surface area contributed by atoms with Crippen LogP contribution >= 0.6 is 22.9 Å². The highest BCUT2D eigenvalue weighted by Gasteiger charge is 2.62. The minimum atomic E-state index is -5.00. The van der Waals surface area contributed by atoms with E-state index in [1.807, 2.05) is 0 Å². The smallest absolute Gasteiger partial charge is 0.426 e. The van der Waals surface area contributed by atoms with Crippen molar-refractivity contribution in [2.24, 2.45) is 0 Å². The largest absolute Gasteiger partial charge is 0.434 e. The number of aromatic nitrogens is 1. The van der Waals surface area contributed by atoms with Crippen molar-refractivity contribution in [2.45, 2.75) is 11.8 Å². The number of carbonyl (C=O) groups is 2. The van der Waals surface area contributed by atoms with Crippen molar-refractivity contribution in [1.82, 2.24) is 10.3 Å². The number of hydrogen-bond acceptors (Lipinski definition) is 5. The van der Waals surface area contributed by atoms with Gasteiger partial charge in [-0.3, -0.25) is 10.1 Å². The lowest BCUT2D eigenvalue weighted by molar-refractivity contribution is -0.261. The molecule has 2 heterocycles. The van der Waals surface area contributed by atoms with Crippen molar-refractivity contribution in [3.8, 4) is 0 Å². The summed E-state index contributed by atoms with van der Waals surface area (Å²) in [6.07, 6.45) is -4.94. The van der Waals surface area contributed by atoms with E-state index < -0.39 is 35.9 Å². The molecule has 0 fully saturated rings. The maximum atomic E-state index is 13.9. The Morgan fingerprint density at radius 1 is 1.44 bits per heavy atom. The van der Waals surface area contributed by atoms with Gasteiger partial charge in [0, 0.05) is 22.2 Å². The Bertz CT molecular complexity index is 828.